The van der Waals surface area contributed by atoms with Gasteiger partial charge in [0.25, 0.3) is 0 Å². The molecule has 2 aliphatic heterocycles. The number of piperidine rings is 1. The van der Waals surface area contributed by atoms with Gasteiger partial charge in [-0.15, -0.1) is 0 Å². The topological polar surface area (TPSA) is 114 Å². The summed E-state index contributed by atoms with van der Waals surface area (Å²) in [6.45, 7) is 2.64. The Labute approximate surface area is 236 Å². The monoisotopic (exact) mass is 581 g/mol. The molecule has 0 aromatic carbocycles. The van der Waals surface area contributed by atoms with Crippen LogP contribution < -0.4 is 21.3 Å². The molecule has 1 unspecified atom stereocenters. The zero-order valence-corrected chi connectivity index (χ0v) is 23.2. The second kappa shape index (κ2) is 8.53. The van der Waals surface area contributed by atoms with E-state index in [2.05, 4.69) is 14.3 Å². The molecule has 5 aromatic rings. The van der Waals surface area contributed by atoms with Gasteiger partial charge in [-0.1, -0.05) is 34.7 Å². The van der Waals surface area contributed by atoms with Crippen LogP contribution in [0.3, 0.4) is 0 Å². The van der Waals surface area contributed by atoms with Crippen molar-refractivity contribution in [3.05, 3.63) is 46.2 Å². The highest BCUT2D eigenvalue weighted by atomic mass is 35.5. The van der Waals surface area contributed by atoms with Crippen molar-refractivity contribution < 1.29 is 4.39 Å². The minimum Gasteiger partial charge on any atom is -0.382 e. The first-order valence-corrected chi connectivity index (χ1v) is 15.0. The fourth-order valence-electron chi connectivity index (χ4n) is 6.23. The number of nitrogens with zero attached hydrogens (tertiary/aromatic N) is 7. The van der Waals surface area contributed by atoms with Gasteiger partial charge >= 0.3 is 0 Å². The number of rotatable bonds is 4. The maximum Gasteiger partial charge on any atom is 0.186 e. The highest BCUT2D eigenvalue weighted by Crippen LogP contribution is 2.54. The van der Waals surface area contributed by atoms with Gasteiger partial charge in [-0.3, -0.25) is 4.40 Å². The predicted molar refractivity (Wildman–Crippen MR) is 153 cm³/mol. The molecule has 8 rings (SSSR count). The summed E-state index contributed by atoms with van der Waals surface area (Å²) < 4.78 is 15.4. The number of nitrogen functional groups attached to an aromatic ring is 1. The Morgan fingerprint density at radius 1 is 1.08 bits per heavy atom. The molecule has 7 heterocycles. The fourth-order valence-corrected chi connectivity index (χ4v) is 8.63. The van der Waals surface area contributed by atoms with Crippen molar-refractivity contribution in [3.63, 3.8) is 0 Å². The second-order valence-corrected chi connectivity index (χ2v) is 13.2. The molecule has 200 valence electrons. The lowest BCUT2D eigenvalue weighted by Gasteiger charge is -2.42. The Balaban J connectivity index is 1.03. The molecule has 5 aromatic heterocycles. The molecule has 0 bridgehead atoms. The third-order valence-electron chi connectivity index (χ3n) is 8.49. The number of alkyl halides is 1. The van der Waals surface area contributed by atoms with E-state index in [0.29, 0.717) is 23.9 Å². The molecular weight excluding hydrogens is 557 g/mol. The summed E-state index contributed by atoms with van der Waals surface area (Å²) >= 11 is 9.57. The van der Waals surface area contributed by atoms with E-state index in [4.69, 9.17) is 38.0 Å². The van der Waals surface area contributed by atoms with Crippen LogP contribution in [0, 0.1) is 5.41 Å². The highest BCUT2D eigenvalue weighted by molar-refractivity contribution is 7.99. The number of nitrogens with two attached hydrogens (primary N) is 2. The van der Waals surface area contributed by atoms with Gasteiger partial charge < -0.3 is 21.3 Å². The molecule has 9 nitrogen and oxygen atoms in total. The normalized spacial score (nSPS) is 20.9. The van der Waals surface area contributed by atoms with E-state index in [9.17, 15) is 4.39 Å². The first kappa shape index (κ1) is 23.9. The van der Waals surface area contributed by atoms with Crippen molar-refractivity contribution in [2.75, 3.05) is 41.7 Å². The Morgan fingerprint density at radius 3 is 2.67 bits per heavy atom. The molecule has 0 radical (unpaired) electrons. The Morgan fingerprint density at radius 2 is 1.90 bits per heavy atom. The van der Waals surface area contributed by atoms with Crippen molar-refractivity contribution in [2.24, 2.45) is 11.1 Å². The van der Waals surface area contributed by atoms with Gasteiger partial charge in [-0.2, -0.15) is 0 Å². The summed E-state index contributed by atoms with van der Waals surface area (Å²) in [5, 5.41) is 1.37. The molecule has 39 heavy (non-hydrogen) atoms. The van der Waals surface area contributed by atoms with Crippen LogP contribution in [0.25, 0.3) is 16.8 Å². The van der Waals surface area contributed by atoms with E-state index in [1.54, 1.807) is 17.5 Å². The highest BCUT2D eigenvalue weighted by Gasteiger charge is 2.49. The van der Waals surface area contributed by atoms with Crippen molar-refractivity contribution in [1.29, 1.82) is 0 Å². The van der Waals surface area contributed by atoms with Crippen LogP contribution in [0.15, 0.2) is 40.4 Å². The lowest BCUT2D eigenvalue weighted by Crippen LogP contribution is -2.48. The predicted octanol–water partition coefficient (Wildman–Crippen LogP) is 4.56. The lowest BCUT2D eigenvalue weighted by molar-refractivity contribution is 0.187. The number of hydrogen-bond donors (Lipinski definition) is 2. The summed E-state index contributed by atoms with van der Waals surface area (Å²) in [6, 6.07) is 5.88. The number of halogens is 2. The zero-order chi connectivity index (χ0) is 26.5. The van der Waals surface area contributed by atoms with Gasteiger partial charge in [-0.25, -0.2) is 24.3 Å². The van der Waals surface area contributed by atoms with E-state index >= 15 is 0 Å². The number of anilines is 3. The van der Waals surface area contributed by atoms with Gasteiger partial charge in [-0.05, 0) is 42.9 Å². The molecule has 1 spiro atoms. The van der Waals surface area contributed by atoms with E-state index in [-0.39, 0.29) is 11.5 Å². The standard InChI is InChI=1S/C26H25ClFN9S2/c27-19-16(3-6-31-22(19)30)38-17-1-2-18-34-23(15-10-32-24(17)37(15)18)35-7-4-26(5-8-35)9-14-20(21(26)29)39-25(33-14)36-11-13(28)12-36/h1-3,6,10,13,21H,4-5,7-9,11-12,29H2,(H2,30,31). The first-order valence-electron chi connectivity index (χ1n) is 13.0. The van der Waals surface area contributed by atoms with Gasteiger partial charge in [0, 0.05) is 35.1 Å². The number of pyridine rings is 2. The molecule has 2 fully saturated rings. The second-order valence-electron chi connectivity index (χ2n) is 10.7. The van der Waals surface area contributed by atoms with Crippen molar-refractivity contribution >= 4 is 68.3 Å². The molecule has 13 heteroatoms. The molecular formula is C26H25ClFN9S2. The van der Waals surface area contributed by atoms with E-state index in [0.717, 1.165) is 75.6 Å². The van der Waals surface area contributed by atoms with Gasteiger partial charge in [0.1, 0.15) is 23.2 Å². The molecule has 0 saturated carbocycles. The molecule has 2 saturated heterocycles. The van der Waals surface area contributed by atoms with Crippen LogP contribution in [-0.4, -0.2) is 56.7 Å². The van der Waals surface area contributed by atoms with Crippen LogP contribution in [0.2, 0.25) is 5.02 Å². The van der Waals surface area contributed by atoms with Gasteiger partial charge in [0.2, 0.25) is 0 Å². The molecule has 4 N–H and O–H groups in total. The van der Waals surface area contributed by atoms with Crippen molar-refractivity contribution in [2.45, 2.75) is 41.3 Å². The summed E-state index contributed by atoms with van der Waals surface area (Å²) in [4.78, 5) is 26.1. The minimum absolute atomic E-state index is 0.0228. The lowest BCUT2D eigenvalue weighted by atomic mass is 9.74. The largest absolute Gasteiger partial charge is 0.382 e. The third kappa shape index (κ3) is 3.54. The molecule has 3 aliphatic rings. The number of fused-ring (bicyclic) bond motifs is 1. The number of aromatic nitrogens is 5. The number of imidazole rings is 2. The molecule has 1 atom stereocenters. The fraction of sp³-hybridized carbons (Fsp3) is 0.385. The van der Waals surface area contributed by atoms with E-state index in [1.165, 1.54) is 16.6 Å². The molecule has 1 aliphatic carbocycles. The zero-order valence-electron chi connectivity index (χ0n) is 20.8. The Hall–Kier alpha value is -2.93. The minimum atomic E-state index is -0.737. The summed E-state index contributed by atoms with van der Waals surface area (Å²) in [5.74, 6) is 1.27. The van der Waals surface area contributed by atoms with E-state index < -0.39 is 6.17 Å². The maximum absolute atomic E-state index is 13.3. The average molecular weight is 582 g/mol. The summed E-state index contributed by atoms with van der Waals surface area (Å²) in [5.41, 5.74) is 16.6. The Kier molecular flexibility index (Phi) is 5.23. The average Bonchev–Trinajstić information content (AvgIpc) is 3.67. The van der Waals surface area contributed by atoms with Crippen molar-refractivity contribution in [3.8, 4) is 0 Å². The summed E-state index contributed by atoms with van der Waals surface area (Å²) in [6.07, 6.45) is 5.68. The quantitative estimate of drug-likeness (QED) is 0.315. The first-order chi connectivity index (χ1) is 18.9. The third-order valence-corrected chi connectivity index (χ3v) is 11.3. The van der Waals surface area contributed by atoms with Gasteiger partial charge in [0.05, 0.1) is 34.9 Å². The van der Waals surface area contributed by atoms with Crippen molar-refractivity contribution in [1.82, 2.24) is 24.3 Å². The maximum atomic E-state index is 13.3. The van der Waals surface area contributed by atoms with Crippen LogP contribution in [0.1, 0.15) is 29.5 Å². The smallest absolute Gasteiger partial charge is 0.186 e. The van der Waals surface area contributed by atoms with Crippen LogP contribution in [0.4, 0.5) is 21.2 Å². The SMILES string of the molecule is Nc1nccc(Sc2ccc3nc(N4CCC5(CC4)Cc4nc(N6CC(F)C6)sc4C5N)c4cnc2n34)c1Cl. The molecule has 0 amide bonds. The van der Waals surface area contributed by atoms with Gasteiger partial charge in [0.15, 0.2) is 16.6 Å². The number of hydrogen-bond acceptors (Lipinski definition) is 10. The summed E-state index contributed by atoms with van der Waals surface area (Å²) in [7, 11) is 0. The van der Waals surface area contributed by atoms with Crippen LogP contribution in [-0.2, 0) is 6.42 Å². The Bertz CT molecular complexity index is 1720. The van der Waals surface area contributed by atoms with Crippen LogP contribution >= 0.6 is 34.7 Å². The number of thiazole rings is 1. The van der Waals surface area contributed by atoms with E-state index in [1.807, 2.05) is 29.3 Å². The van der Waals surface area contributed by atoms with Crippen LogP contribution in [0.5, 0.6) is 0 Å².